The molecule has 0 saturated carbocycles. The van der Waals surface area contributed by atoms with Crippen molar-refractivity contribution in [3.05, 3.63) is 203 Å². The maximum Gasteiger partial charge on any atom is 0.186 e. The number of aliphatic hydroxyl groups excluding tert-OH is 2. The Bertz CT molecular complexity index is 2340. The lowest BCUT2D eigenvalue weighted by atomic mass is 9.97. The highest BCUT2D eigenvalue weighted by atomic mass is 16.7. The number of hydrogen-bond donors (Lipinski definition) is 2. The molecule has 2 saturated heterocycles. The molecule has 6 aromatic rings. The Hall–Kier alpha value is -5.52. The van der Waals surface area contributed by atoms with Crippen LogP contribution in [0, 0.1) is 0 Å². The van der Waals surface area contributed by atoms with Gasteiger partial charge in [-0.3, -0.25) is 0 Å². The van der Waals surface area contributed by atoms with Crippen molar-refractivity contribution in [2.75, 3.05) is 27.4 Å². The van der Waals surface area contributed by atoms with Crippen LogP contribution in [0.1, 0.15) is 33.4 Å². The molecule has 0 amide bonds. The highest BCUT2D eigenvalue weighted by molar-refractivity contribution is 5.28. The van der Waals surface area contributed by atoms with E-state index in [9.17, 15) is 10.2 Å². The van der Waals surface area contributed by atoms with Gasteiger partial charge in [-0.15, -0.1) is 0 Å². The first-order valence-electron chi connectivity index (χ1n) is 23.3. The summed E-state index contributed by atoms with van der Waals surface area (Å²) >= 11 is 0. The molecule has 0 bridgehead atoms. The lowest BCUT2D eigenvalue weighted by Gasteiger charge is -2.46. The molecule has 2 fully saturated rings. The van der Waals surface area contributed by atoms with E-state index in [0.717, 1.165) is 39.1 Å². The van der Waals surface area contributed by atoms with Crippen LogP contribution < -0.4 is 9.47 Å². The molecule has 0 unspecified atom stereocenters. The summed E-state index contributed by atoms with van der Waals surface area (Å²) in [5.74, 6) is 1.44. The van der Waals surface area contributed by atoms with E-state index in [1.807, 2.05) is 170 Å². The number of methoxy groups -OCH3 is 2. The molecule has 2 N–H and O–H groups in total. The molecule has 2 heterocycles. The van der Waals surface area contributed by atoms with Crippen molar-refractivity contribution in [2.45, 2.75) is 101 Å². The monoisotopic (exact) mass is 942 g/mol. The smallest absolute Gasteiger partial charge is 0.186 e. The molecule has 2 aliphatic rings. The summed E-state index contributed by atoms with van der Waals surface area (Å²) in [4.78, 5) is 0. The first kappa shape index (κ1) is 49.9. The zero-order valence-electron chi connectivity index (χ0n) is 39.0. The van der Waals surface area contributed by atoms with Crippen molar-refractivity contribution in [3.8, 4) is 11.5 Å². The minimum atomic E-state index is -1.44. The van der Waals surface area contributed by atoms with Gasteiger partial charge in [-0.1, -0.05) is 146 Å². The Labute approximate surface area is 404 Å². The van der Waals surface area contributed by atoms with E-state index in [1.54, 1.807) is 14.2 Å². The molecule has 0 aromatic heterocycles. The fourth-order valence-corrected chi connectivity index (χ4v) is 8.34. The largest absolute Gasteiger partial charge is 0.497 e. The fraction of sp³-hybridized carbons (Fsp3) is 0.357. The van der Waals surface area contributed by atoms with Crippen molar-refractivity contribution in [1.29, 1.82) is 0 Å². The average Bonchev–Trinajstić information content (AvgIpc) is 3.40. The molecule has 364 valence electrons. The number of aliphatic hydroxyl groups is 2. The summed E-state index contributed by atoms with van der Waals surface area (Å²) < 4.78 is 69.7. The Balaban J connectivity index is 1.06. The van der Waals surface area contributed by atoms with Gasteiger partial charge in [0, 0.05) is 0 Å². The second-order valence-corrected chi connectivity index (χ2v) is 17.0. The average molecular weight is 943 g/mol. The highest BCUT2D eigenvalue weighted by Gasteiger charge is 2.51. The summed E-state index contributed by atoms with van der Waals surface area (Å²) in [6, 6.07) is 54.1. The van der Waals surface area contributed by atoms with E-state index in [4.69, 9.17) is 52.1 Å². The fourth-order valence-electron chi connectivity index (χ4n) is 8.34. The standard InChI is InChI=1S/C56H62O13/c1-59-45-27-23-43(24-28-45)31-61-37-47-50(62-32-39-15-7-3-8-16-39)52(64-36-44-25-29-46(60-2)30-26-44)49(57)56(69-47)67-38-48-51(63-33-40-17-9-4-10-18-40)53(65-34-41-19-11-5-12-20-41)54(55(58)68-48)66-35-42-21-13-6-14-22-42/h3-30,47-58H,31-38H2,1-2H3/t47-,48-,49+,50-,51-,52-,53+,54-,55+,56-/m1/s1. The molecule has 69 heavy (non-hydrogen) atoms. The first-order valence-corrected chi connectivity index (χ1v) is 23.3. The van der Waals surface area contributed by atoms with E-state index in [1.165, 1.54) is 0 Å². The molecular weight excluding hydrogens is 881 g/mol. The van der Waals surface area contributed by atoms with Gasteiger partial charge >= 0.3 is 0 Å². The van der Waals surface area contributed by atoms with E-state index in [0.29, 0.717) is 5.75 Å². The second-order valence-electron chi connectivity index (χ2n) is 17.0. The Morgan fingerprint density at radius 3 is 1.17 bits per heavy atom. The molecule has 0 aliphatic carbocycles. The Morgan fingerprint density at radius 1 is 0.362 bits per heavy atom. The summed E-state index contributed by atoms with van der Waals surface area (Å²) in [7, 11) is 3.24. The highest BCUT2D eigenvalue weighted by Crippen LogP contribution is 2.33. The summed E-state index contributed by atoms with van der Waals surface area (Å²) in [6.07, 6.45) is -10.1. The molecule has 13 nitrogen and oxygen atoms in total. The zero-order chi connectivity index (χ0) is 47.6. The van der Waals surface area contributed by atoms with Crippen LogP contribution in [0.5, 0.6) is 11.5 Å². The molecule has 0 spiro atoms. The van der Waals surface area contributed by atoms with E-state index >= 15 is 0 Å². The van der Waals surface area contributed by atoms with Crippen LogP contribution in [-0.4, -0.2) is 99.1 Å². The second kappa shape index (κ2) is 25.9. The first-order chi connectivity index (χ1) is 33.9. The van der Waals surface area contributed by atoms with Crippen LogP contribution in [0.3, 0.4) is 0 Å². The van der Waals surface area contributed by atoms with Crippen LogP contribution in [0.25, 0.3) is 0 Å². The quantitative estimate of drug-likeness (QED) is 0.0607. The van der Waals surface area contributed by atoms with Gasteiger partial charge in [0.15, 0.2) is 12.6 Å². The lowest BCUT2D eigenvalue weighted by Crippen LogP contribution is -2.63. The molecule has 10 atom stereocenters. The third-order valence-electron chi connectivity index (χ3n) is 12.1. The van der Waals surface area contributed by atoms with Gasteiger partial charge in [-0.2, -0.15) is 0 Å². The van der Waals surface area contributed by atoms with Crippen molar-refractivity contribution >= 4 is 0 Å². The Morgan fingerprint density at radius 2 is 0.725 bits per heavy atom. The summed E-state index contributed by atoms with van der Waals surface area (Å²) in [5, 5.41) is 24.1. The van der Waals surface area contributed by atoms with Gasteiger partial charge in [-0.05, 0) is 57.6 Å². The Kier molecular flexibility index (Phi) is 18.7. The third kappa shape index (κ3) is 14.3. The minimum absolute atomic E-state index is 0.0672. The zero-order valence-corrected chi connectivity index (χ0v) is 39.0. The van der Waals surface area contributed by atoms with Gasteiger partial charge < -0.3 is 62.3 Å². The van der Waals surface area contributed by atoms with Crippen LogP contribution in [-0.2, 0) is 82.3 Å². The van der Waals surface area contributed by atoms with Gasteiger partial charge in [0.05, 0.1) is 67.1 Å². The van der Waals surface area contributed by atoms with E-state index < -0.39 is 61.4 Å². The van der Waals surface area contributed by atoms with Crippen LogP contribution in [0.15, 0.2) is 170 Å². The van der Waals surface area contributed by atoms with Gasteiger partial charge in [-0.25, -0.2) is 0 Å². The molecule has 8 rings (SSSR count). The van der Waals surface area contributed by atoms with Crippen LogP contribution in [0.4, 0.5) is 0 Å². The van der Waals surface area contributed by atoms with Crippen molar-refractivity contribution in [1.82, 2.24) is 0 Å². The van der Waals surface area contributed by atoms with Crippen molar-refractivity contribution in [3.63, 3.8) is 0 Å². The number of benzene rings is 6. The predicted octanol–water partition coefficient (Wildman–Crippen LogP) is 7.97. The minimum Gasteiger partial charge on any atom is -0.497 e. The summed E-state index contributed by atoms with van der Waals surface area (Å²) in [5.41, 5.74) is 5.49. The van der Waals surface area contributed by atoms with Crippen LogP contribution >= 0.6 is 0 Å². The molecule has 6 aromatic carbocycles. The number of ether oxygens (including phenoxy) is 11. The van der Waals surface area contributed by atoms with Crippen molar-refractivity contribution < 1.29 is 62.3 Å². The predicted molar refractivity (Wildman–Crippen MR) is 256 cm³/mol. The van der Waals surface area contributed by atoms with Gasteiger partial charge in [0.2, 0.25) is 0 Å². The van der Waals surface area contributed by atoms with Crippen LogP contribution in [0.2, 0.25) is 0 Å². The van der Waals surface area contributed by atoms with Crippen molar-refractivity contribution in [2.24, 2.45) is 0 Å². The van der Waals surface area contributed by atoms with E-state index in [-0.39, 0.29) is 52.9 Å². The maximum absolute atomic E-state index is 12.3. The van der Waals surface area contributed by atoms with Gasteiger partial charge in [0.1, 0.15) is 60.3 Å². The molecule has 0 radical (unpaired) electrons. The number of hydrogen-bond acceptors (Lipinski definition) is 13. The maximum atomic E-state index is 12.3. The third-order valence-corrected chi connectivity index (χ3v) is 12.1. The lowest BCUT2D eigenvalue weighted by molar-refractivity contribution is -0.344. The topological polar surface area (TPSA) is 142 Å². The van der Waals surface area contributed by atoms with Gasteiger partial charge in [0.25, 0.3) is 0 Å². The van der Waals surface area contributed by atoms with E-state index in [2.05, 4.69) is 0 Å². The molecule has 13 heteroatoms. The molecular formula is C56H62O13. The molecule has 2 aliphatic heterocycles. The normalized spacial score (nSPS) is 24.7. The summed E-state index contributed by atoms with van der Waals surface area (Å²) in [6.45, 7) is 1.12. The SMILES string of the molecule is COc1ccc(COC[C@H]2O[C@@H](OC[C@H]3O[C@H](O)[C@H](OCc4ccccc4)[C@@H](OCc4ccccc4)[C@@H]3OCc3ccccc3)[C@@H](O)[C@@H](OCc3ccc(OC)cc3)[C@@H]2OCc2ccccc2)cc1. The number of rotatable bonds is 24.